The van der Waals surface area contributed by atoms with Gasteiger partial charge in [0.05, 0.1) is 11.0 Å². The van der Waals surface area contributed by atoms with Crippen molar-refractivity contribution in [1.29, 1.82) is 5.26 Å². The molecule has 0 bridgehead atoms. The van der Waals surface area contributed by atoms with E-state index in [2.05, 4.69) is 10.1 Å². The SMILES string of the molecule is N#CCc1nc(-c2ccccc2[N+](=O)[O-])no1. The van der Waals surface area contributed by atoms with Crippen molar-refractivity contribution in [3.8, 4) is 17.5 Å². The van der Waals surface area contributed by atoms with Crippen LogP contribution in [0.4, 0.5) is 5.69 Å². The number of aromatic nitrogens is 2. The minimum Gasteiger partial charge on any atom is -0.338 e. The first-order valence-corrected chi connectivity index (χ1v) is 4.65. The largest absolute Gasteiger partial charge is 0.338 e. The number of nitrogens with zero attached hydrogens (tertiary/aromatic N) is 4. The van der Waals surface area contributed by atoms with E-state index in [-0.39, 0.29) is 29.4 Å². The van der Waals surface area contributed by atoms with Crippen LogP contribution in [0.1, 0.15) is 5.89 Å². The summed E-state index contributed by atoms with van der Waals surface area (Å²) in [5, 5.41) is 22.9. The Balaban J connectivity index is 2.46. The number of para-hydroxylation sites is 1. The quantitative estimate of drug-likeness (QED) is 0.586. The molecule has 1 aromatic heterocycles. The second-order valence-electron chi connectivity index (χ2n) is 3.12. The van der Waals surface area contributed by atoms with Gasteiger partial charge in [0.15, 0.2) is 0 Å². The van der Waals surface area contributed by atoms with Crippen molar-refractivity contribution in [2.24, 2.45) is 0 Å². The first-order valence-electron chi connectivity index (χ1n) is 4.65. The van der Waals surface area contributed by atoms with E-state index in [0.717, 1.165) is 0 Å². The van der Waals surface area contributed by atoms with E-state index >= 15 is 0 Å². The fourth-order valence-corrected chi connectivity index (χ4v) is 1.33. The molecule has 2 rings (SSSR count). The number of nitriles is 1. The Labute approximate surface area is 95.4 Å². The van der Waals surface area contributed by atoms with E-state index in [1.807, 2.05) is 6.07 Å². The molecule has 0 N–H and O–H groups in total. The van der Waals surface area contributed by atoms with Gasteiger partial charge in [0, 0.05) is 6.07 Å². The minimum absolute atomic E-state index is 0.0202. The lowest BCUT2D eigenvalue weighted by Crippen LogP contribution is -1.92. The Morgan fingerprint density at radius 2 is 2.24 bits per heavy atom. The Morgan fingerprint density at radius 3 is 2.94 bits per heavy atom. The number of hydrogen-bond donors (Lipinski definition) is 0. The molecule has 0 fully saturated rings. The van der Waals surface area contributed by atoms with Gasteiger partial charge in [0.2, 0.25) is 11.7 Å². The Morgan fingerprint density at radius 1 is 1.47 bits per heavy atom. The van der Waals surface area contributed by atoms with Gasteiger partial charge in [-0.25, -0.2) is 0 Å². The van der Waals surface area contributed by atoms with E-state index in [1.54, 1.807) is 12.1 Å². The molecule has 0 unspecified atom stereocenters. The summed E-state index contributed by atoms with van der Waals surface area (Å²) in [6.07, 6.45) is -0.0202. The van der Waals surface area contributed by atoms with Crippen LogP contribution in [0.25, 0.3) is 11.4 Å². The lowest BCUT2D eigenvalue weighted by atomic mass is 10.2. The molecule has 0 amide bonds. The highest BCUT2D eigenvalue weighted by Gasteiger charge is 2.18. The molecule has 0 aliphatic carbocycles. The Hall–Kier alpha value is -2.75. The first kappa shape index (κ1) is 10.8. The van der Waals surface area contributed by atoms with E-state index in [9.17, 15) is 10.1 Å². The number of hydrogen-bond acceptors (Lipinski definition) is 6. The summed E-state index contributed by atoms with van der Waals surface area (Å²) in [6.45, 7) is 0. The fraction of sp³-hybridized carbons (Fsp3) is 0.100. The molecular weight excluding hydrogens is 224 g/mol. The second-order valence-corrected chi connectivity index (χ2v) is 3.12. The summed E-state index contributed by atoms with van der Waals surface area (Å²) in [5.41, 5.74) is 0.169. The molecule has 7 heteroatoms. The van der Waals surface area contributed by atoms with Gasteiger partial charge >= 0.3 is 0 Å². The van der Waals surface area contributed by atoms with E-state index in [1.165, 1.54) is 12.1 Å². The second kappa shape index (κ2) is 4.40. The van der Waals surface area contributed by atoms with Gasteiger partial charge in [-0.1, -0.05) is 17.3 Å². The predicted molar refractivity (Wildman–Crippen MR) is 55.7 cm³/mol. The summed E-state index contributed by atoms with van der Waals surface area (Å²) < 4.78 is 4.79. The molecule has 7 nitrogen and oxygen atoms in total. The molecule has 0 atom stereocenters. The zero-order valence-electron chi connectivity index (χ0n) is 8.53. The van der Waals surface area contributed by atoms with Crippen molar-refractivity contribution in [1.82, 2.24) is 10.1 Å². The lowest BCUT2D eigenvalue weighted by molar-refractivity contribution is -0.384. The van der Waals surface area contributed by atoms with Gasteiger partial charge in [-0.3, -0.25) is 10.1 Å². The van der Waals surface area contributed by atoms with E-state index in [0.29, 0.717) is 0 Å². The van der Waals surface area contributed by atoms with Gasteiger partial charge < -0.3 is 4.52 Å². The van der Waals surface area contributed by atoms with Crippen molar-refractivity contribution < 1.29 is 9.45 Å². The molecule has 0 saturated carbocycles. The number of nitro benzene ring substituents is 1. The van der Waals surface area contributed by atoms with Gasteiger partial charge in [-0.05, 0) is 6.07 Å². The summed E-state index contributed by atoms with van der Waals surface area (Å²) in [6, 6.07) is 7.93. The fourth-order valence-electron chi connectivity index (χ4n) is 1.33. The van der Waals surface area contributed by atoms with E-state index < -0.39 is 4.92 Å². The van der Waals surface area contributed by atoms with Crippen LogP contribution in [0.15, 0.2) is 28.8 Å². The van der Waals surface area contributed by atoms with Crippen LogP contribution in [-0.2, 0) is 6.42 Å². The van der Waals surface area contributed by atoms with Crippen molar-refractivity contribution in [3.05, 3.63) is 40.3 Å². The molecule has 1 aromatic carbocycles. The van der Waals surface area contributed by atoms with Gasteiger partial charge in [0.25, 0.3) is 5.69 Å². The maximum atomic E-state index is 10.8. The van der Waals surface area contributed by atoms with Crippen LogP contribution in [0.5, 0.6) is 0 Å². The molecule has 2 aromatic rings. The van der Waals surface area contributed by atoms with Crippen LogP contribution in [0, 0.1) is 21.4 Å². The first-order chi connectivity index (χ1) is 8.22. The topological polar surface area (TPSA) is 106 Å². The number of rotatable bonds is 3. The third-order valence-electron chi connectivity index (χ3n) is 2.04. The summed E-state index contributed by atoms with van der Waals surface area (Å²) >= 11 is 0. The number of benzene rings is 1. The van der Waals surface area contributed by atoms with Crippen LogP contribution in [0.3, 0.4) is 0 Å². The predicted octanol–water partition coefficient (Wildman–Crippen LogP) is 1.71. The average Bonchev–Trinajstić information content (AvgIpc) is 2.78. The molecule has 0 saturated heterocycles. The molecule has 0 radical (unpaired) electrons. The van der Waals surface area contributed by atoms with Crippen molar-refractivity contribution in [2.75, 3.05) is 0 Å². The smallest absolute Gasteiger partial charge is 0.280 e. The standard InChI is InChI=1S/C10H6N4O3/c11-6-5-9-12-10(13-17-9)7-3-1-2-4-8(7)14(15)16/h1-4H,5H2. The Kier molecular flexibility index (Phi) is 2.79. The van der Waals surface area contributed by atoms with Crippen LogP contribution < -0.4 is 0 Å². The van der Waals surface area contributed by atoms with Crippen LogP contribution in [0.2, 0.25) is 0 Å². The summed E-state index contributed by atoms with van der Waals surface area (Å²) in [5.74, 6) is 0.253. The molecule has 84 valence electrons. The molecule has 0 aliphatic rings. The molecule has 1 heterocycles. The van der Waals surface area contributed by atoms with Crippen molar-refractivity contribution in [3.63, 3.8) is 0 Å². The molecule has 17 heavy (non-hydrogen) atoms. The monoisotopic (exact) mass is 230 g/mol. The molecular formula is C10H6N4O3. The normalized spacial score (nSPS) is 9.82. The van der Waals surface area contributed by atoms with Gasteiger partial charge in [0.1, 0.15) is 12.0 Å². The average molecular weight is 230 g/mol. The van der Waals surface area contributed by atoms with Crippen molar-refractivity contribution >= 4 is 5.69 Å². The van der Waals surface area contributed by atoms with Gasteiger partial charge in [-0.2, -0.15) is 10.2 Å². The van der Waals surface area contributed by atoms with E-state index in [4.69, 9.17) is 9.78 Å². The summed E-state index contributed by atoms with van der Waals surface area (Å²) in [7, 11) is 0. The Bertz CT molecular complexity index is 600. The third kappa shape index (κ3) is 2.10. The molecule has 0 aliphatic heterocycles. The third-order valence-corrected chi connectivity index (χ3v) is 2.04. The highest BCUT2D eigenvalue weighted by molar-refractivity contribution is 5.67. The van der Waals surface area contributed by atoms with Crippen LogP contribution in [-0.4, -0.2) is 15.1 Å². The van der Waals surface area contributed by atoms with Gasteiger partial charge in [-0.15, -0.1) is 0 Å². The minimum atomic E-state index is -0.518. The highest BCUT2D eigenvalue weighted by Crippen LogP contribution is 2.26. The maximum Gasteiger partial charge on any atom is 0.280 e. The molecule has 0 spiro atoms. The van der Waals surface area contributed by atoms with Crippen molar-refractivity contribution in [2.45, 2.75) is 6.42 Å². The van der Waals surface area contributed by atoms with Crippen LogP contribution >= 0.6 is 0 Å². The maximum absolute atomic E-state index is 10.8. The highest BCUT2D eigenvalue weighted by atomic mass is 16.6. The lowest BCUT2D eigenvalue weighted by Gasteiger charge is -1.95. The summed E-state index contributed by atoms with van der Waals surface area (Å²) in [4.78, 5) is 14.2. The number of nitro groups is 1. The zero-order chi connectivity index (χ0) is 12.3. The zero-order valence-corrected chi connectivity index (χ0v) is 8.53.